The molecule has 2 nitrogen and oxygen atoms in total. The van der Waals surface area contributed by atoms with Crippen LogP contribution in [0.5, 0.6) is 0 Å². The molecule has 0 saturated heterocycles. The van der Waals surface area contributed by atoms with Crippen LogP contribution >= 0.6 is 11.3 Å². The van der Waals surface area contributed by atoms with E-state index in [2.05, 4.69) is 81.0 Å². The van der Waals surface area contributed by atoms with Crippen molar-refractivity contribution in [2.45, 2.75) is 20.8 Å². The van der Waals surface area contributed by atoms with Crippen LogP contribution in [0.2, 0.25) is 0 Å². The van der Waals surface area contributed by atoms with E-state index >= 15 is 0 Å². The number of aryl methyl sites for hydroxylation is 3. The smallest absolute Gasteiger partial charge is 0.214 e. The fraction of sp³-hybridized carbons (Fsp3) is 0.182. The van der Waals surface area contributed by atoms with Gasteiger partial charge in [0.15, 0.2) is 6.20 Å². The first-order valence-corrected chi connectivity index (χ1v) is 9.28. The van der Waals surface area contributed by atoms with Gasteiger partial charge in [0, 0.05) is 17.2 Å². The van der Waals surface area contributed by atoms with E-state index in [1.165, 1.54) is 38.2 Å². The summed E-state index contributed by atoms with van der Waals surface area (Å²) in [5.41, 5.74) is 8.74. The Bertz CT molecular complexity index is 1080. The molecule has 0 aliphatic heterocycles. The summed E-state index contributed by atoms with van der Waals surface area (Å²) in [6.07, 6.45) is 2.14. The first kappa shape index (κ1) is 16.0. The van der Waals surface area contributed by atoms with Crippen molar-refractivity contribution in [1.82, 2.24) is 4.98 Å². The van der Waals surface area contributed by atoms with E-state index in [0.29, 0.717) is 0 Å². The van der Waals surface area contributed by atoms with Crippen LogP contribution in [0.25, 0.3) is 32.0 Å². The predicted molar refractivity (Wildman–Crippen MR) is 106 cm³/mol. The van der Waals surface area contributed by atoms with Crippen LogP contribution in [0, 0.1) is 20.8 Å². The first-order chi connectivity index (χ1) is 12.0. The molecule has 0 atom stereocenters. The number of aromatic nitrogens is 2. The van der Waals surface area contributed by atoms with Gasteiger partial charge in [-0.25, -0.2) is 4.98 Å². The topological polar surface area (TPSA) is 16.8 Å². The fourth-order valence-corrected chi connectivity index (χ4v) is 4.28. The van der Waals surface area contributed by atoms with Gasteiger partial charge in [0.25, 0.3) is 0 Å². The van der Waals surface area contributed by atoms with Crippen LogP contribution in [0.1, 0.15) is 16.7 Å². The van der Waals surface area contributed by atoms with Crippen molar-refractivity contribution < 1.29 is 4.57 Å². The summed E-state index contributed by atoms with van der Waals surface area (Å²) in [5.74, 6) is 0. The van der Waals surface area contributed by atoms with Crippen LogP contribution in [0.15, 0.2) is 54.7 Å². The predicted octanol–water partition coefficient (Wildman–Crippen LogP) is 5.38. The second kappa shape index (κ2) is 6.08. The molecule has 0 fully saturated rings. The van der Waals surface area contributed by atoms with Gasteiger partial charge in [-0.05, 0) is 38.0 Å². The minimum absolute atomic E-state index is 1.05. The highest BCUT2D eigenvalue weighted by Crippen LogP contribution is 2.32. The lowest BCUT2D eigenvalue weighted by atomic mass is 9.97. The molecule has 0 unspecified atom stereocenters. The lowest BCUT2D eigenvalue weighted by molar-refractivity contribution is -0.659. The van der Waals surface area contributed by atoms with E-state index in [1.807, 2.05) is 6.07 Å². The minimum atomic E-state index is 1.05. The molecule has 0 saturated carbocycles. The fourth-order valence-electron chi connectivity index (χ4n) is 3.30. The maximum absolute atomic E-state index is 4.83. The Hall–Kier alpha value is -2.52. The summed E-state index contributed by atoms with van der Waals surface area (Å²) in [6.45, 7) is 6.55. The average molecular weight is 345 g/mol. The Labute approximate surface area is 152 Å². The van der Waals surface area contributed by atoms with E-state index < -0.39 is 0 Å². The normalized spacial score (nSPS) is 11.2. The third kappa shape index (κ3) is 2.85. The molecule has 0 aliphatic rings. The zero-order valence-electron chi connectivity index (χ0n) is 15.0. The van der Waals surface area contributed by atoms with Crippen molar-refractivity contribution in [3.63, 3.8) is 0 Å². The van der Waals surface area contributed by atoms with Crippen LogP contribution in [-0.4, -0.2) is 4.98 Å². The maximum atomic E-state index is 4.83. The number of thiazole rings is 1. The van der Waals surface area contributed by atoms with Crippen LogP contribution in [-0.2, 0) is 7.05 Å². The summed E-state index contributed by atoms with van der Waals surface area (Å²) in [7, 11) is 2.10. The summed E-state index contributed by atoms with van der Waals surface area (Å²) in [5, 5.41) is 1.07. The van der Waals surface area contributed by atoms with E-state index in [9.17, 15) is 0 Å². The molecule has 0 bridgehead atoms. The van der Waals surface area contributed by atoms with Crippen molar-refractivity contribution in [3.05, 3.63) is 71.4 Å². The van der Waals surface area contributed by atoms with E-state index in [0.717, 1.165) is 10.5 Å². The molecular formula is C22H21N2S+. The molecule has 2 aromatic carbocycles. The minimum Gasteiger partial charge on any atom is -0.230 e. The van der Waals surface area contributed by atoms with Crippen molar-refractivity contribution >= 4 is 21.6 Å². The van der Waals surface area contributed by atoms with E-state index in [1.54, 1.807) is 11.3 Å². The number of hydrogen-bond acceptors (Lipinski definition) is 2. The maximum Gasteiger partial charge on any atom is 0.214 e. The van der Waals surface area contributed by atoms with Gasteiger partial charge in [0.1, 0.15) is 17.6 Å². The average Bonchev–Trinajstić information content (AvgIpc) is 3.01. The molecule has 2 aromatic heterocycles. The summed E-state index contributed by atoms with van der Waals surface area (Å²) in [6, 6.07) is 17.2. The highest BCUT2D eigenvalue weighted by molar-refractivity contribution is 7.21. The van der Waals surface area contributed by atoms with Crippen molar-refractivity contribution in [1.29, 1.82) is 0 Å². The number of pyridine rings is 1. The Kier molecular flexibility index (Phi) is 3.89. The highest BCUT2D eigenvalue weighted by Gasteiger charge is 2.18. The third-order valence-corrected chi connectivity index (χ3v) is 5.82. The quantitative estimate of drug-likeness (QED) is 0.446. The Morgan fingerprint density at radius 2 is 1.72 bits per heavy atom. The second-order valence-corrected chi connectivity index (χ2v) is 7.69. The van der Waals surface area contributed by atoms with Gasteiger partial charge in [0.2, 0.25) is 5.69 Å². The molecule has 0 amide bonds. The van der Waals surface area contributed by atoms with Crippen LogP contribution in [0.3, 0.4) is 0 Å². The van der Waals surface area contributed by atoms with Crippen LogP contribution in [0.4, 0.5) is 0 Å². The summed E-state index contributed by atoms with van der Waals surface area (Å²) >= 11 is 1.76. The molecule has 0 spiro atoms. The molecule has 0 aliphatic carbocycles. The SMILES string of the molecule is Cc1cc(C)c(C)c(-c2cc3sc(-c4ccccc4)nc3c[n+]2C)c1. The largest absolute Gasteiger partial charge is 0.230 e. The second-order valence-electron chi connectivity index (χ2n) is 6.66. The first-order valence-electron chi connectivity index (χ1n) is 8.47. The van der Waals surface area contributed by atoms with Gasteiger partial charge >= 0.3 is 0 Å². The molecule has 4 aromatic rings. The zero-order chi connectivity index (χ0) is 17.6. The highest BCUT2D eigenvalue weighted by atomic mass is 32.1. The Balaban J connectivity index is 1.91. The molecule has 0 radical (unpaired) electrons. The van der Waals surface area contributed by atoms with Crippen molar-refractivity contribution in [2.24, 2.45) is 7.05 Å². The Morgan fingerprint density at radius 3 is 2.48 bits per heavy atom. The molecule has 25 heavy (non-hydrogen) atoms. The molecule has 3 heteroatoms. The number of benzene rings is 2. The summed E-state index contributed by atoms with van der Waals surface area (Å²) < 4.78 is 3.42. The van der Waals surface area contributed by atoms with Gasteiger partial charge in [0.05, 0.1) is 4.70 Å². The third-order valence-electron chi connectivity index (χ3n) is 4.75. The molecule has 4 rings (SSSR count). The molecule has 2 heterocycles. The standard InChI is InChI=1S/C22H21N2S/c1-14-10-15(2)16(3)18(11-14)20-12-21-19(13-24(20)4)23-22(25-21)17-8-6-5-7-9-17/h5-13H,1-4H3/q+1. The van der Waals surface area contributed by atoms with Crippen molar-refractivity contribution in [3.8, 4) is 21.8 Å². The number of fused-ring (bicyclic) bond motifs is 1. The lowest BCUT2D eigenvalue weighted by Gasteiger charge is -2.09. The zero-order valence-corrected chi connectivity index (χ0v) is 15.8. The lowest BCUT2D eigenvalue weighted by Crippen LogP contribution is -2.30. The number of hydrogen-bond donors (Lipinski definition) is 0. The molecular weight excluding hydrogens is 324 g/mol. The van der Waals surface area contributed by atoms with Gasteiger partial charge in [-0.1, -0.05) is 42.0 Å². The van der Waals surface area contributed by atoms with E-state index in [-0.39, 0.29) is 0 Å². The van der Waals surface area contributed by atoms with Gasteiger partial charge in [-0.15, -0.1) is 11.3 Å². The molecule has 124 valence electrons. The summed E-state index contributed by atoms with van der Waals surface area (Å²) in [4.78, 5) is 4.83. The molecule has 0 N–H and O–H groups in total. The van der Waals surface area contributed by atoms with Gasteiger partial charge in [-0.2, -0.15) is 4.57 Å². The number of nitrogens with zero attached hydrogens (tertiary/aromatic N) is 2. The van der Waals surface area contributed by atoms with Crippen molar-refractivity contribution in [2.75, 3.05) is 0 Å². The monoisotopic (exact) mass is 345 g/mol. The Morgan fingerprint density at radius 1 is 0.960 bits per heavy atom. The van der Waals surface area contributed by atoms with E-state index in [4.69, 9.17) is 4.98 Å². The van der Waals surface area contributed by atoms with Gasteiger partial charge < -0.3 is 0 Å². The van der Waals surface area contributed by atoms with Gasteiger partial charge in [-0.3, -0.25) is 0 Å². The van der Waals surface area contributed by atoms with Crippen LogP contribution < -0.4 is 4.57 Å². The number of rotatable bonds is 2.